The van der Waals surface area contributed by atoms with Gasteiger partial charge in [0, 0.05) is 33.8 Å². The van der Waals surface area contributed by atoms with Gasteiger partial charge in [-0.25, -0.2) is 4.39 Å². The lowest BCUT2D eigenvalue weighted by molar-refractivity contribution is 0.626. The van der Waals surface area contributed by atoms with Crippen LogP contribution in [0.3, 0.4) is 0 Å². The van der Waals surface area contributed by atoms with Gasteiger partial charge in [0.05, 0.1) is 5.71 Å². The van der Waals surface area contributed by atoms with E-state index in [1.54, 1.807) is 17.8 Å². The van der Waals surface area contributed by atoms with E-state index < -0.39 is 0 Å². The second-order valence-electron chi connectivity index (χ2n) is 5.97. The van der Waals surface area contributed by atoms with Gasteiger partial charge >= 0.3 is 0 Å². The Kier molecular flexibility index (Phi) is 4.93. The van der Waals surface area contributed by atoms with Crippen LogP contribution in [0.1, 0.15) is 23.1 Å². The molecule has 0 bridgehead atoms. The zero-order chi connectivity index (χ0) is 17.8. The maximum absolute atomic E-state index is 13.7. The zero-order valence-electron chi connectivity index (χ0n) is 14.1. The Hall–Kier alpha value is -2.72. The van der Waals surface area contributed by atoms with E-state index in [1.165, 1.54) is 6.07 Å². The first-order valence-corrected chi connectivity index (χ1v) is 9.48. The van der Waals surface area contributed by atoms with Gasteiger partial charge in [-0.2, -0.15) is 5.10 Å². The number of rotatable bonds is 3. The summed E-state index contributed by atoms with van der Waals surface area (Å²) in [7, 11) is 0. The molecule has 0 aliphatic carbocycles. The third-order valence-electron chi connectivity index (χ3n) is 4.21. The van der Waals surface area contributed by atoms with Crippen molar-refractivity contribution >= 4 is 23.2 Å². The first-order chi connectivity index (χ1) is 12.8. The lowest BCUT2D eigenvalue weighted by Gasteiger charge is -2.16. The van der Waals surface area contributed by atoms with Crippen molar-refractivity contribution in [3.63, 3.8) is 0 Å². The van der Waals surface area contributed by atoms with Crippen molar-refractivity contribution in [2.75, 3.05) is 5.75 Å². The first-order valence-electron chi connectivity index (χ1n) is 8.49. The Bertz CT molecular complexity index is 924. The van der Waals surface area contributed by atoms with Crippen LogP contribution in [0.4, 0.5) is 4.39 Å². The third-order valence-corrected chi connectivity index (χ3v) is 5.29. The van der Waals surface area contributed by atoms with Crippen molar-refractivity contribution in [3.8, 4) is 0 Å². The summed E-state index contributed by atoms with van der Waals surface area (Å²) in [6.07, 6.45) is 0.779. The molecule has 0 spiro atoms. The maximum Gasteiger partial charge on any atom is 0.123 e. The molecule has 4 heteroatoms. The van der Waals surface area contributed by atoms with E-state index in [0.717, 1.165) is 45.2 Å². The molecule has 26 heavy (non-hydrogen) atoms. The van der Waals surface area contributed by atoms with Gasteiger partial charge in [0.25, 0.3) is 0 Å². The number of hydrogen-bond donors (Lipinski definition) is 0. The molecular weight excluding hydrogens is 343 g/mol. The lowest BCUT2D eigenvalue weighted by atomic mass is 10.0. The van der Waals surface area contributed by atoms with Gasteiger partial charge in [-0.1, -0.05) is 60.7 Å². The smallest absolute Gasteiger partial charge is 0.123 e. The van der Waals surface area contributed by atoms with E-state index in [2.05, 4.69) is 10.2 Å². The fraction of sp³-hybridized carbons (Fsp3) is 0.0909. The van der Waals surface area contributed by atoms with Gasteiger partial charge in [0.2, 0.25) is 0 Å². The highest BCUT2D eigenvalue weighted by molar-refractivity contribution is 7.99. The summed E-state index contributed by atoms with van der Waals surface area (Å²) in [6, 6.07) is 24.9. The van der Waals surface area contributed by atoms with Gasteiger partial charge in [-0.3, -0.25) is 0 Å². The predicted molar refractivity (Wildman–Crippen MR) is 107 cm³/mol. The first kappa shape index (κ1) is 16.7. The molecule has 1 heterocycles. The van der Waals surface area contributed by atoms with Crippen LogP contribution in [0, 0.1) is 5.82 Å². The quantitative estimate of drug-likeness (QED) is 0.443. The van der Waals surface area contributed by atoms with Crippen LogP contribution in [0.25, 0.3) is 0 Å². The van der Waals surface area contributed by atoms with Crippen LogP contribution < -0.4 is 0 Å². The van der Waals surface area contributed by atoms with Crippen molar-refractivity contribution < 1.29 is 4.39 Å². The topological polar surface area (TPSA) is 24.7 Å². The van der Waals surface area contributed by atoms with Crippen molar-refractivity contribution in [2.24, 2.45) is 10.2 Å². The van der Waals surface area contributed by atoms with Crippen LogP contribution >= 0.6 is 11.8 Å². The van der Waals surface area contributed by atoms with E-state index in [-0.39, 0.29) is 5.82 Å². The molecule has 0 unspecified atom stereocenters. The molecule has 0 saturated carbocycles. The fourth-order valence-corrected chi connectivity index (χ4v) is 3.95. The monoisotopic (exact) mass is 360 g/mol. The standard InChI is InChI=1S/C22H17FN2S/c23-18-11-12-21-19(15-18)20(13-14-26-21)24-25-22(16-7-3-1-4-8-16)17-9-5-2-6-10-17/h1-12,15H,13-14H2/b24-20-. The second kappa shape index (κ2) is 7.67. The lowest BCUT2D eigenvalue weighted by Crippen LogP contribution is -2.10. The minimum absolute atomic E-state index is 0.241. The van der Waals surface area contributed by atoms with Crippen LogP contribution in [-0.4, -0.2) is 17.2 Å². The van der Waals surface area contributed by atoms with E-state index >= 15 is 0 Å². The molecule has 3 aromatic carbocycles. The van der Waals surface area contributed by atoms with Gasteiger partial charge in [0.1, 0.15) is 11.5 Å². The van der Waals surface area contributed by atoms with Crippen molar-refractivity contribution in [1.29, 1.82) is 0 Å². The number of halogens is 1. The number of hydrogen-bond acceptors (Lipinski definition) is 3. The normalized spacial score (nSPS) is 14.7. The number of nitrogens with zero attached hydrogens (tertiary/aromatic N) is 2. The van der Waals surface area contributed by atoms with Gasteiger partial charge in [-0.15, -0.1) is 16.9 Å². The Morgan fingerprint density at radius 3 is 2.15 bits per heavy atom. The molecule has 1 aliphatic rings. The average molecular weight is 360 g/mol. The molecule has 0 N–H and O–H groups in total. The molecule has 0 radical (unpaired) electrons. The molecule has 1 aliphatic heterocycles. The van der Waals surface area contributed by atoms with Crippen LogP contribution in [0.5, 0.6) is 0 Å². The molecule has 4 rings (SSSR count). The highest BCUT2D eigenvalue weighted by Crippen LogP contribution is 2.31. The molecule has 0 aromatic heterocycles. The molecule has 3 aromatic rings. The van der Waals surface area contributed by atoms with E-state index in [1.807, 2.05) is 66.7 Å². The third kappa shape index (κ3) is 3.60. The van der Waals surface area contributed by atoms with Crippen LogP contribution in [0.2, 0.25) is 0 Å². The van der Waals surface area contributed by atoms with E-state index in [9.17, 15) is 4.39 Å². The van der Waals surface area contributed by atoms with Gasteiger partial charge < -0.3 is 0 Å². The Balaban J connectivity index is 1.80. The fourth-order valence-electron chi connectivity index (χ4n) is 2.93. The molecule has 128 valence electrons. The highest BCUT2D eigenvalue weighted by Gasteiger charge is 2.17. The average Bonchev–Trinajstić information content (AvgIpc) is 2.70. The SMILES string of the molecule is Fc1ccc2c(c1)/C(=N\N=C(c1ccccc1)c1ccccc1)CCS2. The van der Waals surface area contributed by atoms with E-state index in [4.69, 9.17) is 0 Å². The largest absolute Gasteiger partial charge is 0.207 e. The summed E-state index contributed by atoms with van der Waals surface area (Å²) < 4.78 is 13.7. The van der Waals surface area contributed by atoms with Crippen molar-refractivity contribution in [1.82, 2.24) is 0 Å². The van der Waals surface area contributed by atoms with Crippen molar-refractivity contribution in [2.45, 2.75) is 11.3 Å². The molecule has 0 saturated heterocycles. The van der Waals surface area contributed by atoms with Crippen LogP contribution in [-0.2, 0) is 0 Å². The maximum atomic E-state index is 13.7. The molecule has 0 amide bonds. The number of fused-ring (bicyclic) bond motifs is 1. The Morgan fingerprint density at radius 2 is 1.50 bits per heavy atom. The predicted octanol–water partition coefficient (Wildman–Crippen LogP) is 5.56. The summed E-state index contributed by atoms with van der Waals surface area (Å²) in [5.41, 5.74) is 4.52. The Labute approximate surface area is 156 Å². The highest BCUT2D eigenvalue weighted by atomic mass is 32.2. The van der Waals surface area contributed by atoms with Gasteiger partial charge in [-0.05, 0) is 18.2 Å². The van der Waals surface area contributed by atoms with E-state index in [0.29, 0.717) is 0 Å². The molecule has 2 nitrogen and oxygen atoms in total. The van der Waals surface area contributed by atoms with Crippen molar-refractivity contribution in [3.05, 3.63) is 101 Å². The molecular formula is C22H17FN2S. The second-order valence-corrected chi connectivity index (χ2v) is 7.10. The summed E-state index contributed by atoms with van der Waals surface area (Å²) >= 11 is 1.73. The minimum Gasteiger partial charge on any atom is -0.207 e. The summed E-state index contributed by atoms with van der Waals surface area (Å²) in [5.74, 6) is 0.688. The summed E-state index contributed by atoms with van der Waals surface area (Å²) in [6.45, 7) is 0. The van der Waals surface area contributed by atoms with Gasteiger partial charge in [0.15, 0.2) is 0 Å². The number of thioether (sulfide) groups is 1. The zero-order valence-corrected chi connectivity index (χ0v) is 14.9. The minimum atomic E-state index is -0.241. The summed E-state index contributed by atoms with van der Waals surface area (Å²) in [4.78, 5) is 1.06. The van der Waals surface area contributed by atoms with Crippen LogP contribution in [0.15, 0.2) is 94.0 Å². The molecule has 0 fully saturated rings. The summed E-state index contributed by atoms with van der Waals surface area (Å²) in [5, 5.41) is 9.13. The molecule has 0 atom stereocenters. The number of benzene rings is 3. The Morgan fingerprint density at radius 1 is 0.846 bits per heavy atom.